The molecule has 0 aliphatic carbocycles. The van der Waals surface area contributed by atoms with E-state index in [0.717, 1.165) is 19.3 Å². The van der Waals surface area contributed by atoms with Crippen LogP contribution in [0.15, 0.2) is 6.07 Å². The van der Waals surface area contributed by atoms with E-state index in [9.17, 15) is 9.59 Å². The third-order valence-electron chi connectivity index (χ3n) is 2.94. The van der Waals surface area contributed by atoms with E-state index in [1.807, 2.05) is 6.07 Å². The van der Waals surface area contributed by atoms with Crippen LogP contribution in [0.4, 0.5) is 0 Å². The Labute approximate surface area is 117 Å². The van der Waals surface area contributed by atoms with Crippen LogP contribution in [0.1, 0.15) is 54.2 Å². The predicted molar refractivity (Wildman–Crippen MR) is 76.9 cm³/mol. The maximum atomic E-state index is 12.1. The van der Waals surface area contributed by atoms with Crippen molar-refractivity contribution >= 4 is 23.2 Å². The molecule has 19 heavy (non-hydrogen) atoms. The summed E-state index contributed by atoms with van der Waals surface area (Å²) in [5.41, 5.74) is -0.0663. The highest BCUT2D eigenvalue weighted by Crippen LogP contribution is 2.25. The molecule has 0 unspecified atom stereocenters. The molecule has 0 saturated heterocycles. The minimum absolute atomic E-state index is 0.311. The molecular weight excluding hydrogens is 262 g/mol. The van der Waals surface area contributed by atoms with Crippen LogP contribution < -0.4 is 5.32 Å². The van der Waals surface area contributed by atoms with Crippen LogP contribution in [0.2, 0.25) is 0 Å². The largest absolute Gasteiger partial charge is 0.480 e. The summed E-state index contributed by atoms with van der Waals surface area (Å²) in [5.74, 6) is -1.35. The summed E-state index contributed by atoms with van der Waals surface area (Å²) in [5, 5.41) is 11.6. The molecule has 2 N–H and O–H groups in total. The highest BCUT2D eigenvalue weighted by molar-refractivity contribution is 7.14. The van der Waals surface area contributed by atoms with Crippen LogP contribution in [0, 0.1) is 0 Å². The number of aliphatic carboxylic acids is 1. The van der Waals surface area contributed by atoms with Gasteiger partial charge in [-0.25, -0.2) is 4.79 Å². The number of carbonyl (C=O) groups is 2. The molecule has 1 heterocycles. The van der Waals surface area contributed by atoms with Crippen LogP contribution in [0.5, 0.6) is 0 Å². The van der Waals surface area contributed by atoms with Gasteiger partial charge in [0.25, 0.3) is 5.91 Å². The quantitative estimate of drug-likeness (QED) is 0.843. The lowest BCUT2D eigenvalue weighted by molar-refractivity contribution is -0.143. The van der Waals surface area contributed by atoms with E-state index in [0.29, 0.717) is 4.88 Å². The number of hydrogen-bond acceptors (Lipinski definition) is 3. The summed E-state index contributed by atoms with van der Waals surface area (Å²) >= 11 is 1.46. The van der Waals surface area contributed by atoms with Gasteiger partial charge in [0.1, 0.15) is 5.54 Å². The second-order valence-corrected chi connectivity index (χ2v) is 6.18. The molecule has 0 aliphatic rings. The Morgan fingerprint density at radius 1 is 1.37 bits per heavy atom. The van der Waals surface area contributed by atoms with Crippen LogP contribution in [0.25, 0.3) is 0 Å². The van der Waals surface area contributed by atoms with Gasteiger partial charge in [-0.1, -0.05) is 20.3 Å². The van der Waals surface area contributed by atoms with Crippen molar-refractivity contribution < 1.29 is 14.7 Å². The van der Waals surface area contributed by atoms with Crippen LogP contribution in [-0.2, 0) is 17.6 Å². The zero-order chi connectivity index (χ0) is 14.6. The Morgan fingerprint density at radius 3 is 2.47 bits per heavy atom. The van der Waals surface area contributed by atoms with E-state index in [4.69, 9.17) is 5.11 Å². The zero-order valence-electron chi connectivity index (χ0n) is 11.9. The van der Waals surface area contributed by atoms with Gasteiger partial charge < -0.3 is 10.4 Å². The van der Waals surface area contributed by atoms with E-state index in [1.165, 1.54) is 35.6 Å². The van der Waals surface area contributed by atoms with Gasteiger partial charge in [0.05, 0.1) is 4.88 Å². The molecule has 5 heteroatoms. The van der Waals surface area contributed by atoms with Gasteiger partial charge in [0.15, 0.2) is 0 Å². The van der Waals surface area contributed by atoms with Crippen molar-refractivity contribution in [1.82, 2.24) is 5.32 Å². The normalized spacial score (nSPS) is 11.4. The molecule has 1 rings (SSSR count). The molecule has 0 fully saturated rings. The second kappa shape index (κ2) is 6.19. The van der Waals surface area contributed by atoms with Crippen LogP contribution in [0.3, 0.4) is 0 Å². The molecule has 0 atom stereocenters. The number of hydrogen-bond donors (Lipinski definition) is 2. The molecule has 0 radical (unpaired) electrons. The number of nitrogens with one attached hydrogen (secondary N) is 1. The van der Waals surface area contributed by atoms with Gasteiger partial charge in [-0.05, 0) is 38.3 Å². The Kier molecular flexibility index (Phi) is 5.11. The first kappa shape index (κ1) is 15.7. The number of rotatable bonds is 6. The Bertz CT molecular complexity index is 477. The first-order valence-corrected chi connectivity index (χ1v) is 7.31. The van der Waals surface area contributed by atoms with E-state index < -0.39 is 11.5 Å². The first-order chi connectivity index (χ1) is 8.81. The molecule has 0 bridgehead atoms. The van der Waals surface area contributed by atoms with Gasteiger partial charge in [0.2, 0.25) is 0 Å². The Balaban J connectivity index is 2.91. The molecular formula is C14H21NO3S. The van der Waals surface area contributed by atoms with Crippen molar-refractivity contribution in [3.05, 3.63) is 21.4 Å². The SMILES string of the molecule is CCCc1sc(C(=O)NC(C)(C)C(=O)O)cc1CC. The summed E-state index contributed by atoms with van der Waals surface area (Å²) in [7, 11) is 0. The number of carboxylic acids is 1. The number of carbonyl (C=O) groups excluding carboxylic acids is 1. The minimum Gasteiger partial charge on any atom is -0.480 e. The monoisotopic (exact) mass is 283 g/mol. The fourth-order valence-electron chi connectivity index (χ4n) is 1.72. The van der Waals surface area contributed by atoms with Gasteiger partial charge in [0, 0.05) is 4.88 Å². The second-order valence-electron chi connectivity index (χ2n) is 5.05. The number of aryl methyl sites for hydroxylation is 2. The maximum absolute atomic E-state index is 12.1. The van der Waals surface area contributed by atoms with Crippen molar-refractivity contribution in [3.8, 4) is 0 Å². The minimum atomic E-state index is -1.25. The number of thiophene rings is 1. The highest BCUT2D eigenvalue weighted by atomic mass is 32.1. The summed E-state index contributed by atoms with van der Waals surface area (Å²) in [6.07, 6.45) is 2.89. The Morgan fingerprint density at radius 2 is 2.00 bits per heavy atom. The van der Waals surface area contributed by atoms with Crippen molar-refractivity contribution in [3.63, 3.8) is 0 Å². The summed E-state index contributed by atoms with van der Waals surface area (Å²) in [4.78, 5) is 24.9. The molecule has 0 aromatic carbocycles. The average molecular weight is 283 g/mol. The molecule has 0 aliphatic heterocycles. The predicted octanol–water partition coefficient (Wildman–Crippen LogP) is 2.86. The van der Waals surface area contributed by atoms with Crippen molar-refractivity contribution in [2.24, 2.45) is 0 Å². The fourth-order valence-corrected chi connectivity index (χ4v) is 2.97. The van der Waals surface area contributed by atoms with Gasteiger partial charge in [-0.3, -0.25) is 4.79 Å². The van der Waals surface area contributed by atoms with Gasteiger partial charge in [-0.15, -0.1) is 11.3 Å². The lowest BCUT2D eigenvalue weighted by Crippen LogP contribution is -2.49. The van der Waals surface area contributed by atoms with Crippen LogP contribution >= 0.6 is 11.3 Å². The topological polar surface area (TPSA) is 66.4 Å². The molecule has 0 spiro atoms. The summed E-state index contributed by atoms with van der Waals surface area (Å²) in [6.45, 7) is 7.12. The maximum Gasteiger partial charge on any atom is 0.328 e. The molecule has 1 aromatic rings. The molecule has 1 amide bonds. The standard InChI is InChI=1S/C14H21NO3S/c1-5-7-10-9(6-2)8-11(19-10)12(16)15-14(3,4)13(17)18/h8H,5-7H2,1-4H3,(H,15,16)(H,17,18). The van der Waals surface area contributed by atoms with Crippen molar-refractivity contribution in [1.29, 1.82) is 0 Å². The van der Waals surface area contributed by atoms with E-state index in [1.54, 1.807) is 0 Å². The van der Waals surface area contributed by atoms with E-state index >= 15 is 0 Å². The smallest absolute Gasteiger partial charge is 0.328 e. The lowest BCUT2D eigenvalue weighted by atomic mass is 10.1. The third kappa shape index (κ3) is 3.80. The molecule has 106 valence electrons. The van der Waals surface area contributed by atoms with Crippen LogP contribution in [-0.4, -0.2) is 22.5 Å². The van der Waals surface area contributed by atoms with Gasteiger partial charge >= 0.3 is 5.97 Å². The first-order valence-electron chi connectivity index (χ1n) is 6.49. The molecule has 1 aromatic heterocycles. The van der Waals surface area contributed by atoms with Crippen molar-refractivity contribution in [2.75, 3.05) is 0 Å². The van der Waals surface area contributed by atoms with E-state index in [-0.39, 0.29) is 5.91 Å². The lowest BCUT2D eigenvalue weighted by Gasteiger charge is -2.20. The molecule has 0 saturated carbocycles. The van der Waals surface area contributed by atoms with Crippen molar-refractivity contribution in [2.45, 2.75) is 52.5 Å². The summed E-state index contributed by atoms with van der Waals surface area (Å²) in [6, 6.07) is 1.88. The van der Waals surface area contributed by atoms with Gasteiger partial charge in [-0.2, -0.15) is 0 Å². The summed E-state index contributed by atoms with van der Waals surface area (Å²) < 4.78 is 0. The zero-order valence-corrected chi connectivity index (χ0v) is 12.7. The Hall–Kier alpha value is -1.36. The highest BCUT2D eigenvalue weighted by Gasteiger charge is 2.30. The third-order valence-corrected chi connectivity index (χ3v) is 4.17. The average Bonchev–Trinajstić information content (AvgIpc) is 2.72. The number of carboxylic acid groups (broad SMARTS) is 1. The van der Waals surface area contributed by atoms with E-state index in [2.05, 4.69) is 19.2 Å². The fraction of sp³-hybridized carbons (Fsp3) is 0.571. The number of amides is 1. The molecule has 4 nitrogen and oxygen atoms in total.